The molecule has 0 unspecified atom stereocenters. The number of fused-ring (bicyclic) bond motifs is 1. The molecule has 7 nitrogen and oxygen atoms in total. The van der Waals surface area contributed by atoms with Gasteiger partial charge in [-0.1, -0.05) is 6.42 Å². The fourth-order valence-corrected chi connectivity index (χ4v) is 3.69. The normalized spacial score (nSPS) is 13.3. The SMILES string of the molecule is CCOc1ccc(C(=O)Nc2ccc(-c3nnc4n3CCCCC4)cc2)cc1OC. The molecule has 1 aliphatic rings. The lowest BCUT2D eigenvalue weighted by atomic mass is 10.1. The van der Waals surface area contributed by atoms with Gasteiger partial charge in [-0.3, -0.25) is 4.79 Å². The highest BCUT2D eigenvalue weighted by molar-refractivity contribution is 6.04. The van der Waals surface area contributed by atoms with Crippen LogP contribution in [0.3, 0.4) is 0 Å². The molecule has 4 rings (SSSR count). The van der Waals surface area contributed by atoms with Gasteiger partial charge < -0.3 is 19.4 Å². The van der Waals surface area contributed by atoms with Crippen LogP contribution in [-0.4, -0.2) is 34.4 Å². The molecule has 0 saturated carbocycles. The lowest BCUT2D eigenvalue weighted by Crippen LogP contribution is -2.12. The first kappa shape index (κ1) is 19.9. The lowest BCUT2D eigenvalue weighted by molar-refractivity contribution is 0.102. The molecule has 0 radical (unpaired) electrons. The van der Waals surface area contributed by atoms with Crippen molar-refractivity contribution in [1.82, 2.24) is 14.8 Å². The average Bonchev–Trinajstić information content (AvgIpc) is 3.02. The molecular weight excluding hydrogens is 380 g/mol. The van der Waals surface area contributed by atoms with Gasteiger partial charge in [-0.15, -0.1) is 10.2 Å². The third-order valence-corrected chi connectivity index (χ3v) is 5.24. The number of anilines is 1. The molecule has 0 saturated heterocycles. The Morgan fingerprint density at radius 1 is 1.07 bits per heavy atom. The van der Waals surface area contributed by atoms with Crippen molar-refractivity contribution in [3.63, 3.8) is 0 Å². The second-order valence-electron chi connectivity index (χ2n) is 7.23. The zero-order chi connectivity index (χ0) is 20.9. The van der Waals surface area contributed by atoms with Gasteiger partial charge in [0.1, 0.15) is 5.82 Å². The molecule has 2 aromatic carbocycles. The van der Waals surface area contributed by atoms with Crippen LogP contribution in [0.5, 0.6) is 11.5 Å². The Morgan fingerprint density at radius 3 is 2.67 bits per heavy atom. The predicted octanol–water partition coefficient (Wildman–Crippen LogP) is 4.33. The van der Waals surface area contributed by atoms with Gasteiger partial charge in [-0.25, -0.2) is 0 Å². The molecule has 1 aromatic heterocycles. The first-order chi connectivity index (χ1) is 14.7. The molecule has 0 spiro atoms. The summed E-state index contributed by atoms with van der Waals surface area (Å²) >= 11 is 0. The number of benzene rings is 2. The van der Waals surface area contributed by atoms with Gasteiger partial charge in [-0.2, -0.15) is 0 Å². The van der Waals surface area contributed by atoms with Crippen molar-refractivity contribution in [3.05, 3.63) is 53.9 Å². The number of nitrogens with one attached hydrogen (secondary N) is 1. The molecule has 3 aromatic rings. The molecule has 0 bridgehead atoms. The number of carbonyl (C=O) groups excluding carboxylic acids is 1. The van der Waals surface area contributed by atoms with Crippen LogP contribution in [0.15, 0.2) is 42.5 Å². The van der Waals surface area contributed by atoms with E-state index in [0.29, 0.717) is 29.4 Å². The summed E-state index contributed by atoms with van der Waals surface area (Å²) in [5.41, 5.74) is 2.21. The topological polar surface area (TPSA) is 78.3 Å². The second kappa shape index (κ2) is 8.98. The summed E-state index contributed by atoms with van der Waals surface area (Å²) in [6.45, 7) is 3.39. The molecule has 0 fully saturated rings. The Kier molecular flexibility index (Phi) is 5.97. The quantitative estimate of drug-likeness (QED) is 0.659. The number of aromatic nitrogens is 3. The average molecular weight is 406 g/mol. The van der Waals surface area contributed by atoms with Crippen molar-refractivity contribution in [2.24, 2.45) is 0 Å². The molecule has 1 amide bonds. The largest absolute Gasteiger partial charge is 0.493 e. The van der Waals surface area contributed by atoms with Gasteiger partial charge >= 0.3 is 0 Å². The Bertz CT molecular complexity index is 1030. The van der Waals surface area contributed by atoms with Crippen LogP contribution in [0.1, 0.15) is 42.4 Å². The van der Waals surface area contributed by atoms with Crippen molar-refractivity contribution in [2.45, 2.75) is 39.2 Å². The molecule has 2 heterocycles. The van der Waals surface area contributed by atoms with Crippen molar-refractivity contribution in [2.75, 3.05) is 19.0 Å². The van der Waals surface area contributed by atoms with Crippen LogP contribution in [0, 0.1) is 0 Å². The Balaban J connectivity index is 1.49. The van der Waals surface area contributed by atoms with Crippen LogP contribution < -0.4 is 14.8 Å². The monoisotopic (exact) mass is 406 g/mol. The van der Waals surface area contributed by atoms with Crippen molar-refractivity contribution in [1.29, 1.82) is 0 Å². The number of ether oxygens (including phenoxy) is 2. The van der Waals surface area contributed by atoms with E-state index in [1.54, 1.807) is 25.3 Å². The minimum atomic E-state index is -0.208. The molecule has 156 valence electrons. The third-order valence-electron chi connectivity index (χ3n) is 5.24. The van der Waals surface area contributed by atoms with Gasteiger partial charge in [0.15, 0.2) is 17.3 Å². The van der Waals surface area contributed by atoms with E-state index in [-0.39, 0.29) is 5.91 Å². The van der Waals surface area contributed by atoms with Gasteiger partial charge in [0, 0.05) is 29.8 Å². The van der Waals surface area contributed by atoms with Crippen LogP contribution in [-0.2, 0) is 13.0 Å². The Morgan fingerprint density at radius 2 is 1.90 bits per heavy atom. The molecular formula is C23H26N4O3. The molecule has 0 aliphatic carbocycles. The smallest absolute Gasteiger partial charge is 0.255 e. The van der Waals surface area contributed by atoms with E-state index in [9.17, 15) is 4.79 Å². The summed E-state index contributed by atoms with van der Waals surface area (Å²) in [5.74, 6) is 2.89. The number of carbonyl (C=O) groups is 1. The van der Waals surface area contributed by atoms with Crippen molar-refractivity contribution >= 4 is 11.6 Å². The van der Waals surface area contributed by atoms with E-state index < -0.39 is 0 Å². The highest BCUT2D eigenvalue weighted by Crippen LogP contribution is 2.29. The lowest BCUT2D eigenvalue weighted by Gasteiger charge is -2.11. The fourth-order valence-electron chi connectivity index (χ4n) is 3.69. The van der Waals surface area contributed by atoms with Crippen LogP contribution in [0.4, 0.5) is 5.69 Å². The molecule has 0 atom stereocenters. The first-order valence-electron chi connectivity index (χ1n) is 10.3. The van der Waals surface area contributed by atoms with E-state index in [1.165, 1.54) is 12.8 Å². The second-order valence-corrected chi connectivity index (χ2v) is 7.23. The Hall–Kier alpha value is -3.35. The molecule has 7 heteroatoms. The predicted molar refractivity (Wildman–Crippen MR) is 115 cm³/mol. The summed E-state index contributed by atoms with van der Waals surface area (Å²) in [7, 11) is 1.56. The number of aryl methyl sites for hydroxylation is 1. The van der Waals surface area contributed by atoms with Gasteiger partial charge in [0.25, 0.3) is 5.91 Å². The van der Waals surface area contributed by atoms with Crippen LogP contribution >= 0.6 is 0 Å². The third kappa shape index (κ3) is 4.15. The number of hydrogen-bond acceptors (Lipinski definition) is 5. The van der Waals surface area contributed by atoms with Crippen molar-refractivity contribution in [3.8, 4) is 22.9 Å². The van der Waals surface area contributed by atoms with E-state index in [4.69, 9.17) is 9.47 Å². The maximum atomic E-state index is 12.7. The van der Waals surface area contributed by atoms with Crippen LogP contribution in [0.2, 0.25) is 0 Å². The standard InChI is InChI=1S/C23H26N4O3/c1-3-30-19-13-10-17(15-20(19)29-2)23(28)24-18-11-8-16(9-12-18)22-26-25-21-7-5-4-6-14-27(21)22/h8-13,15H,3-7,14H2,1-2H3,(H,24,28). The minimum Gasteiger partial charge on any atom is -0.493 e. The Labute approximate surface area is 176 Å². The summed E-state index contributed by atoms with van der Waals surface area (Å²) < 4.78 is 13.1. The number of nitrogens with zero attached hydrogens (tertiary/aromatic N) is 3. The number of amides is 1. The fraction of sp³-hybridized carbons (Fsp3) is 0.348. The summed E-state index contributed by atoms with van der Waals surface area (Å²) in [6, 6.07) is 12.9. The zero-order valence-electron chi connectivity index (χ0n) is 17.4. The number of hydrogen-bond donors (Lipinski definition) is 1. The summed E-state index contributed by atoms with van der Waals surface area (Å²) in [4.78, 5) is 12.7. The molecule has 1 aliphatic heterocycles. The maximum Gasteiger partial charge on any atom is 0.255 e. The summed E-state index contributed by atoms with van der Waals surface area (Å²) in [6.07, 6.45) is 4.52. The maximum absolute atomic E-state index is 12.7. The van der Waals surface area contributed by atoms with E-state index in [2.05, 4.69) is 20.1 Å². The van der Waals surface area contributed by atoms with Gasteiger partial charge in [0.2, 0.25) is 0 Å². The van der Waals surface area contributed by atoms with E-state index >= 15 is 0 Å². The molecule has 1 N–H and O–H groups in total. The number of rotatable bonds is 6. The van der Waals surface area contributed by atoms with Crippen molar-refractivity contribution < 1.29 is 14.3 Å². The molecule has 30 heavy (non-hydrogen) atoms. The van der Waals surface area contributed by atoms with Gasteiger partial charge in [0.05, 0.1) is 13.7 Å². The highest BCUT2D eigenvalue weighted by atomic mass is 16.5. The minimum absolute atomic E-state index is 0.208. The highest BCUT2D eigenvalue weighted by Gasteiger charge is 2.16. The zero-order valence-corrected chi connectivity index (χ0v) is 17.4. The first-order valence-corrected chi connectivity index (χ1v) is 10.3. The number of methoxy groups -OCH3 is 1. The van der Waals surface area contributed by atoms with E-state index in [0.717, 1.165) is 36.6 Å². The van der Waals surface area contributed by atoms with Gasteiger partial charge in [-0.05, 0) is 62.2 Å². The van der Waals surface area contributed by atoms with Crippen LogP contribution in [0.25, 0.3) is 11.4 Å². The summed E-state index contributed by atoms with van der Waals surface area (Å²) in [5, 5.41) is 11.7. The van der Waals surface area contributed by atoms with E-state index in [1.807, 2.05) is 31.2 Å².